The summed E-state index contributed by atoms with van der Waals surface area (Å²) in [7, 11) is -3.17. The van der Waals surface area contributed by atoms with Gasteiger partial charge in [0.05, 0.1) is 29.1 Å². The molecule has 106 valence electrons. The van der Waals surface area contributed by atoms with E-state index < -0.39 is 21.4 Å². The molecular weight excluding hydrogens is 262 g/mol. The maximum Gasteiger partial charge on any atom is 0.152 e. The van der Waals surface area contributed by atoms with Gasteiger partial charge in [-0.3, -0.25) is 0 Å². The van der Waals surface area contributed by atoms with Gasteiger partial charge in [0.1, 0.15) is 0 Å². The number of hydrogen-bond acceptors (Lipinski definition) is 4. The van der Waals surface area contributed by atoms with Crippen LogP contribution in [0.1, 0.15) is 33.1 Å². The average molecular weight is 283 g/mol. The van der Waals surface area contributed by atoms with Crippen molar-refractivity contribution >= 4 is 9.84 Å². The fraction of sp³-hybridized carbons (Fsp3) is 0.786. The standard InChI is InChI=1S/C14H21NO3S/c1-10-5-11(2)7-12(6-10)13(16)14(8-15)3-4-19(17,18)9-14/h5,10,12-13,16H,3-4,6-7,9H2,1-2H3. The molecule has 0 bridgehead atoms. The Kier molecular flexibility index (Phi) is 3.76. The molecule has 2 rings (SSSR count). The van der Waals surface area contributed by atoms with Crippen LogP contribution >= 0.6 is 0 Å². The van der Waals surface area contributed by atoms with E-state index in [1.54, 1.807) is 0 Å². The Hall–Kier alpha value is -0.860. The summed E-state index contributed by atoms with van der Waals surface area (Å²) in [4.78, 5) is 0. The zero-order valence-corrected chi connectivity index (χ0v) is 12.3. The Labute approximate surface area is 115 Å². The Morgan fingerprint density at radius 1 is 1.58 bits per heavy atom. The molecule has 1 heterocycles. The van der Waals surface area contributed by atoms with Gasteiger partial charge >= 0.3 is 0 Å². The third-order valence-electron chi connectivity index (χ3n) is 4.40. The van der Waals surface area contributed by atoms with Crippen molar-refractivity contribution in [2.45, 2.75) is 39.2 Å². The molecule has 0 aromatic heterocycles. The zero-order chi connectivity index (χ0) is 14.3. The Bertz CT molecular complexity index is 531. The number of hydrogen-bond donors (Lipinski definition) is 1. The second-order valence-corrected chi connectivity index (χ2v) is 8.43. The van der Waals surface area contributed by atoms with Crippen molar-refractivity contribution in [1.82, 2.24) is 0 Å². The number of aliphatic hydroxyl groups is 1. The van der Waals surface area contributed by atoms with Crippen molar-refractivity contribution in [2.75, 3.05) is 11.5 Å². The average Bonchev–Trinajstić information content (AvgIpc) is 2.64. The third-order valence-corrected chi connectivity index (χ3v) is 6.18. The van der Waals surface area contributed by atoms with Gasteiger partial charge in [-0.2, -0.15) is 5.26 Å². The maximum absolute atomic E-state index is 11.6. The van der Waals surface area contributed by atoms with Gasteiger partial charge in [-0.25, -0.2) is 8.42 Å². The Balaban J connectivity index is 2.22. The molecule has 1 aliphatic carbocycles. The number of rotatable bonds is 2. The molecule has 1 N–H and O–H groups in total. The van der Waals surface area contributed by atoms with Crippen LogP contribution in [0.25, 0.3) is 0 Å². The van der Waals surface area contributed by atoms with Gasteiger partial charge in [0.15, 0.2) is 9.84 Å². The van der Waals surface area contributed by atoms with Crippen molar-refractivity contribution in [1.29, 1.82) is 5.26 Å². The van der Waals surface area contributed by atoms with Gasteiger partial charge in [0.2, 0.25) is 0 Å². The molecule has 1 aliphatic heterocycles. The van der Waals surface area contributed by atoms with Gasteiger partial charge in [0, 0.05) is 0 Å². The van der Waals surface area contributed by atoms with E-state index in [4.69, 9.17) is 0 Å². The van der Waals surface area contributed by atoms with Crippen LogP contribution in [-0.2, 0) is 9.84 Å². The first kappa shape index (κ1) is 14.5. The van der Waals surface area contributed by atoms with Crippen LogP contribution in [-0.4, -0.2) is 31.1 Å². The normalized spacial score (nSPS) is 39.4. The second kappa shape index (κ2) is 4.92. The fourth-order valence-electron chi connectivity index (χ4n) is 3.55. The summed E-state index contributed by atoms with van der Waals surface area (Å²) in [5, 5.41) is 20.0. The van der Waals surface area contributed by atoms with Crippen molar-refractivity contribution in [2.24, 2.45) is 17.3 Å². The molecule has 1 fully saturated rings. The highest BCUT2D eigenvalue weighted by Gasteiger charge is 2.50. The van der Waals surface area contributed by atoms with Crippen LogP contribution in [0.15, 0.2) is 11.6 Å². The fourth-order valence-corrected chi connectivity index (χ4v) is 5.53. The largest absolute Gasteiger partial charge is 0.391 e. The Morgan fingerprint density at radius 3 is 2.74 bits per heavy atom. The number of nitriles is 1. The van der Waals surface area contributed by atoms with E-state index in [0.717, 1.165) is 12.8 Å². The molecule has 0 saturated carbocycles. The van der Waals surface area contributed by atoms with E-state index >= 15 is 0 Å². The van der Waals surface area contributed by atoms with E-state index in [0.29, 0.717) is 5.92 Å². The van der Waals surface area contributed by atoms with Crippen LogP contribution in [0.4, 0.5) is 0 Å². The summed E-state index contributed by atoms with van der Waals surface area (Å²) >= 11 is 0. The van der Waals surface area contributed by atoms with Crippen molar-refractivity contribution < 1.29 is 13.5 Å². The first-order valence-corrected chi connectivity index (χ1v) is 8.57. The highest BCUT2D eigenvalue weighted by Crippen LogP contribution is 2.42. The molecule has 4 atom stereocenters. The molecule has 0 radical (unpaired) electrons. The number of nitrogens with zero attached hydrogens (tertiary/aromatic N) is 1. The molecule has 4 unspecified atom stereocenters. The molecule has 0 spiro atoms. The number of aliphatic hydroxyl groups excluding tert-OH is 1. The summed E-state index contributed by atoms with van der Waals surface area (Å²) in [5.41, 5.74) is 0.123. The van der Waals surface area contributed by atoms with Gasteiger partial charge < -0.3 is 5.11 Å². The molecule has 4 nitrogen and oxygen atoms in total. The predicted octanol–water partition coefficient (Wildman–Crippen LogP) is 1.67. The summed E-state index contributed by atoms with van der Waals surface area (Å²) in [6.07, 6.45) is 3.19. The third kappa shape index (κ3) is 2.85. The lowest BCUT2D eigenvalue weighted by Gasteiger charge is -2.36. The quantitative estimate of drug-likeness (QED) is 0.782. The number of sulfone groups is 1. The van der Waals surface area contributed by atoms with E-state index in [2.05, 4.69) is 19.1 Å². The lowest BCUT2D eigenvalue weighted by molar-refractivity contribution is 0.0163. The van der Waals surface area contributed by atoms with Gasteiger partial charge in [0.25, 0.3) is 0 Å². The molecule has 5 heteroatoms. The highest BCUT2D eigenvalue weighted by molar-refractivity contribution is 7.91. The molecular formula is C14H21NO3S. The summed E-state index contributed by atoms with van der Waals surface area (Å²) in [6, 6.07) is 2.11. The molecule has 0 aromatic rings. The van der Waals surface area contributed by atoms with Crippen LogP contribution in [0, 0.1) is 28.6 Å². The minimum Gasteiger partial charge on any atom is -0.391 e. The number of allylic oxidation sites excluding steroid dienone is 2. The van der Waals surface area contributed by atoms with Crippen molar-refractivity contribution in [3.63, 3.8) is 0 Å². The molecule has 2 aliphatic rings. The minimum atomic E-state index is -3.17. The molecule has 0 aromatic carbocycles. The van der Waals surface area contributed by atoms with Gasteiger partial charge in [-0.1, -0.05) is 18.6 Å². The summed E-state index contributed by atoms with van der Waals surface area (Å²) < 4.78 is 23.3. The highest BCUT2D eigenvalue weighted by atomic mass is 32.2. The van der Waals surface area contributed by atoms with E-state index in [-0.39, 0.29) is 23.8 Å². The lowest BCUT2D eigenvalue weighted by atomic mass is 9.70. The molecule has 19 heavy (non-hydrogen) atoms. The van der Waals surface area contributed by atoms with Crippen molar-refractivity contribution in [3.8, 4) is 6.07 Å². The monoisotopic (exact) mass is 283 g/mol. The van der Waals surface area contributed by atoms with Crippen LogP contribution < -0.4 is 0 Å². The van der Waals surface area contributed by atoms with E-state index in [1.807, 2.05) is 6.92 Å². The first-order valence-electron chi connectivity index (χ1n) is 6.75. The summed E-state index contributed by atoms with van der Waals surface area (Å²) in [6.45, 7) is 4.12. The first-order chi connectivity index (χ1) is 8.78. The molecule has 0 amide bonds. The lowest BCUT2D eigenvalue weighted by Crippen LogP contribution is -2.41. The zero-order valence-electron chi connectivity index (χ0n) is 11.5. The summed E-state index contributed by atoms with van der Waals surface area (Å²) in [5.74, 6) is 0.204. The van der Waals surface area contributed by atoms with Crippen LogP contribution in [0.2, 0.25) is 0 Å². The topological polar surface area (TPSA) is 78.2 Å². The van der Waals surface area contributed by atoms with Crippen LogP contribution in [0.5, 0.6) is 0 Å². The smallest absolute Gasteiger partial charge is 0.152 e. The van der Waals surface area contributed by atoms with Crippen LogP contribution in [0.3, 0.4) is 0 Å². The van der Waals surface area contributed by atoms with E-state index in [1.165, 1.54) is 5.57 Å². The Morgan fingerprint density at radius 2 is 2.26 bits per heavy atom. The minimum absolute atomic E-state index is 0.00653. The van der Waals surface area contributed by atoms with E-state index in [9.17, 15) is 18.8 Å². The molecule has 1 saturated heterocycles. The maximum atomic E-state index is 11.6. The predicted molar refractivity (Wildman–Crippen MR) is 73.0 cm³/mol. The van der Waals surface area contributed by atoms with Gasteiger partial charge in [-0.05, 0) is 38.0 Å². The van der Waals surface area contributed by atoms with Crippen molar-refractivity contribution in [3.05, 3.63) is 11.6 Å². The SMILES string of the molecule is CC1=CC(C)CC(C(O)C2(C#N)CCS(=O)(=O)C2)C1. The second-order valence-electron chi connectivity index (χ2n) is 6.25. The van der Waals surface area contributed by atoms with Gasteiger partial charge in [-0.15, -0.1) is 0 Å².